The zero-order chi connectivity index (χ0) is 18.2. The molecule has 0 unspecified atom stereocenters. The summed E-state index contributed by atoms with van der Waals surface area (Å²) in [5.41, 5.74) is 0.664. The standard InChI is InChI=1S/C17H26N4O4/c1-2-14(12-23)19-16(24)13-3-4-15(18-11-13)17(25)21-7-5-20(6-8-21)9-10-22/h3-4,11,14,22-23H,2,5-10,12H2,1H3,(H,19,24)/t14-/m0/s1. The second-order valence-corrected chi connectivity index (χ2v) is 6.05. The van der Waals surface area contributed by atoms with Gasteiger partial charge in [-0.2, -0.15) is 0 Å². The Morgan fingerprint density at radius 1 is 1.24 bits per heavy atom. The van der Waals surface area contributed by atoms with E-state index in [0.717, 1.165) is 13.1 Å². The zero-order valence-electron chi connectivity index (χ0n) is 14.5. The SMILES string of the molecule is CC[C@@H](CO)NC(=O)c1ccc(C(=O)N2CCN(CCO)CC2)nc1. The average Bonchev–Trinajstić information content (AvgIpc) is 2.66. The average molecular weight is 350 g/mol. The third-order valence-corrected chi connectivity index (χ3v) is 4.37. The molecule has 25 heavy (non-hydrogen) atoms. The van der Waals surface area contributed by atoms with Crippen molar-refractivity contribution in [3.8, 4) is 0 Å². The van der Waals surface area contributed by atoms with Crippen molar-refractivity contribution in [1.29, 1.82) is 0 Å². The van der Waals surface area contributed by atoms with Crippen molar-refractivity contribution < 1.29 is 19.8 Å². The second kappa shape index (κ2) is 9.45. The van der Waals surface area contributed by atoms with Gasteiger partial charge in [0.1, 0.15) is 5.69 Å². The van der Waals surface area contributed by atoms with Crippen molar-refractivity contribution in [1.82, 2.24) is 20.1 Å². The van der Waals surface area contributed by atoms with Crippen LogP contribution in [0.15, 0.2) is 18.3 Å². The number of aliphatic hydroxyl groups excluding tert-OH is 2. The summed E-state index contributed by atoms with van der Waals surface area (Å²) >= 11 is 0. The van der Waals surface area contributed by atoms with E-state index >= 15 is 0 Å². The van der Waals surface area contributed by atoms with E-state index < -0.39 is 0 Å². The van der Waals surface area contributed by atoms with Crippen LogP contribution >= 0.6 is 0 Å². The molecule has 8 nitrogen and oxygen atoms in total. The Balaban J connectivity index is 1.93. The number of hydrogen-bond acceptors (Lipinski definition) is 6. The van der Waals surface area contributed by atoms with Gasteiger partial charge in [-0.1, -0.05) is 6.92 Å². The third kappa shape index (κ3) is 5.22. The molecule has 0 aromatic carbocycles. The number of carbonyl (C=O) groups excluding carboxylic acids is 2. The van der Waals surface area contributed by atoms with E-state index in [1.54, 1.807) is 17.0 Å². The summed E-state index contributed by atoms with van der Waals surface area (Å²) in [6.07, 6.45) is 2.02. The minimum absolute atomic E-state index is 0.117. The monoisotopic (exact) mass is 350 g/mol. The van der Waals surface area contributed by atoms with Crippen LogP contribution < -0.4 is 5.32 Å². The lowest BCUT2D eigenvalue weighted by atomic mass is 10.2. The maximum absolute atomic E-state index is 12.5. The Bertz CT molecular complexity index is 567. The van der Waals surface area contributed by atoms with Crippen molar-refractivity contribution in [2.24, 2.45) is 0 Å². The molecular formula is C17H26N4O4. The summed E-state index contributed by atoms with van der Waals surface area (Å²) in [6, 6.07) is 2.84. The number of β-amino-alcohol motifs (C(OH)–C–C–N with tert-alkyl or cyclic N) is 1. The number of nitrogens with one attached hydrogen (secondary N) is 1. The van der Waals surface area contributed by atoms with Crippen LogP contribution in [0.4, 0.5) is 0 Å². The van der Waals surface area contributed by atoms with Gasteiger partial charge in [-0.3, -0.25) is 19.5 Å². The van der Waals surface area contributed by atoms with Crippen molar-refractivity contribution in [3.63, 3.8) is 0 Å². The molecule has 1 aromatic rings. The van der Waals surface area contributed by atoms with Gasteiger partial charge in [0.25, 0.3) is 11.8 Å². The third-order valence-electron chi connectivity index (χ3n) is 4.37. The first-order valence-electron chi connectivity index (χ1n) is 8.59. The Kier molecular flexibility index (Phi) is 7.30. The zero-order valence-corrected chi connectivity index (χ0v) is 14.5. The molecule has 2 amide bonds. The normalized spacial score (nSPS) is 16.5. The second-order valence-electron chi connectivity index (χ2n) is 6.05. The molecule has 0 bridgehead atoms. The smallest absolute Gasteiger partial charge is 0.272 e. The van der Waals surface area contributed by atoms with Gasteiger partial charge in [0.15, 0.2) is 0 Å². The fourth-order valence-electron chi connectivity index (χ4n) is 2.68. The largest absolute Gasteiger partial charge is 0.395 e. The van der Waals surface area contributed by atoms with E-state index in [4.69, 9.17) is 10.2 Å². The van der Waals surface area contributed by atoms with Gasteiger partial charge in [0.2, 0.25) is 0 Å². The van der Waals surface area contributed by atoms with Crippen LogP contribution in [0, 0.1) is 0 Å². The van der Waals surface area contributed by atoms with Gasteiger partial charge in [-0.25, -0.2) is 0 Å². The van der Waals surface area contributed by atoms with E-state index in [1.165, 1.54) is 6.20 Å². The van der Waals surface area contributed by atoms with Gasteiger partial charge in [0, 0.05) is 38.9 Å². The molecular weight excluding hydrogens is 324 g/mol. The minimum atomic E-state index is -0.315. The van der Waals surface area contributed by atoms with Crippen molar-refractivity contribution in [2.75, 3.05) is 45.9 Å². The summed E-state index contributed by atoms with van der Waals surface area (Å²) in [5, 5.41) is 20.8. The number of hydrogen-bond donors (Lipinski definition) is 3. The van der Waals surface area contributed by atoms with Crippen LogP contribution in [0.1, 0.15) is 34.2 Å². The fraction of sp³-hybridized carbons (Fsp3) is 0.588. The fourth-order valence-corrected chi connectivity index (χ4v) is 2.68. The van der Waals surface area contributed by atoms with Crippen LogP contribution in [0.25, 0.3) is 0 Å². The number of nitrogens with zero attached hydrogens (tertiary/aromatic N) is 3. The maximum atomic E-state index is 12.5. The first kappa shape index (κ1) is 19.3. The molecule has 1 aliphatic rings. The van der Waals surface area contributed by atoms with E-state index in [0.29, 0.717) is 37.3 Å². The minimum Gasteiger partial charge on any atom is -0.395 e. The van der Waals surface area contributed by atoms with Crippen LogP contribution in [0.5, 0.6) is 0 Å². The van der Waals surface area contributed by atoms with Crippen LogP contribution in [-0.2, 0) is 0 Å². The predicted octanol–water partition coefficient (Wildman–Crippen LogP) is -0.668. The number of carbonyl (C=O) groups is 2. The molecule has 2 heterocycles. The Labute approximate surface area is 147 Å². The van der Waals surface area contributed by atoms with Gasteiger partial charge < -0.3 is 20.4 Å². The van der Waals surface area contributed by atoms with E-state index in [-0.39, 0.29) is 31.1 Å². The number of rotatable bonds is 7. The lowest BCUT2D eigenvalue weighted by Gasteiger charge is -2.34. The maximum Gasteiger partial charge on any atom is 0.272 e. The van der Waals surface area contributed by atoms with E-state index in [1.807, 2.05) is 6.92 Å². The quantitative estimate of drug-likeness (QED) is 0.602. The van der Waals surface area contributed by atoms with Gasteiger partial charge in [-0.15, -0.1) is 0 Å². The summed E-state index contributed by atoms with van der Waals surface area (Å²) in [6.45, 7) is 5.15. The highest BCUT2D eigenvalue weighted by Crippen LogP contribution is 2.08. The lowest BCUT2D eigenvalue weighted by molar-refractivity contribution is 0.0609. The Morgan fingerprint density at radius 2 is 1.96 bits per heavy atom. The highest BCUT2D eigenvalue weighted by Gasteiger charge is 2.23. The van der Waals surface area contributed by atoms with E-state index in [2.05, 4.69) is 15.2 Å². The molecule has 1 aliphatic heterocycles. The molecule has 0 spiro atoms. The van der Waals surface area contributed by atoms with Gasteiger partial charge in [-0.05, 0) is 18.6 Å². The van der Waals surface area contributed by atoms with Gasteiger partial charge >= 0.3 is 0 Å². The first-order chi connectivity index (χ1) is 12.1. The Hall–Kier alpha value is -2.03. The molecule has 0 radical (unpaired) electrons. The first-order valence-corrected chi connectivity index (χ1v) is 8.59. The van der Waals surface area contributed by atoms with Crippen molar-refractivity contribution >= 4 is 11.8 Å². The lowest BCUT2D eigenvalue weighted by Crippen LogP contribution is -2.49. The van der Waals surface area contributed by atoms with E-state index in [9.17, 15) is 9.59 Å². The number of aliphatic hydroxyl groups is 2. The highest BCUT2D eigenvalue weighted by molar-refractivity contribution is 5.96. The highest BCUT2D eigenvalue weighted by atomic mass is 16.3. The van der Waals surface area contributed by atoms with Crippen LogP contribution in [0.3, 0.4) is 0 Å². The van der Waals surface area contributed by atoms with Gasteiger partial charge in [0.05, 0.1) is 24.8 Å². The van der Waals surface area contributed by atoms with Crippen molar-refractivity contribution in [3.05, 3.63) is 29.6 Å². The van der Waals surface area contributed by atoms with Crippen molar-refractivity contribution in [2.45, 2.75) is 19.4 Å². The summed E-state index contributed by atoms with van der Waals surface area (Å²) in [7, 11) is 0. The number of amides is 2. The molecule has 1 atom stereocenters. The van der Waals surface area contributed by atoms with Crippen LogP contribution in [0.2, 0.25) is 0 Å². The molecule has 8 heteroatoms. The number of pyridine rings is 1. The molecule has 0 aliphatic carbocycles. The molecule has 0 saturated carbocycles. The topological polar surface area (TPSA) is 106 Å². The number of piperazine rings is 1. The predicted molar refractivity (Wildman–Crippen MR) is 92.3 cm³/mol. The molecule has 2 rings (SSSR count). The number of aromatic nitrogens is 1. The van der Waals surface area contributed by atoms with Crippen LogP contribution in [-0.4, -0.2) is 88.8 Å². The summed E-state index contributed by atoms with van der Waals surface area (Å²) < 4.78 is 0. The summed E-state index contributed by atoms with van der Waals surface area (Å²) in [4.78, 5) is 32.5. The molecule has 138 valence electrons. The molecule has 1 aromatic heterocycles. The molecule has 1 saturated heterocycles. The summed E-state index contributed by atoms with van der Waals surface area (Å²) in [5.74, 6) is -0.470. The molecule has 1 fully saturated rings. The Morgan fingerprint density at radius 3 is 2.48 bits per heavy atom. The molecule has 3 N–H and O–H groups in total.